The summed E-state index contributed by atoms with van der Waals surface area (Å²) in [5.74, 6) is -1.21. The number of rotatable bonds is 5. The molecule has 122 valence electrons. The van der Waals surface area contributed by atoms with Crippen LogP contribution in [0.4, 0.5) is 17.6 Å². The van der Waals surface area contributed by atoms with E-state index in [1.54, 1.807) is 12.1 Å². The van der Waals surface area contributed by atoms with Crippen LogP contribution in [0.25, 0.3) is 10.4 Å². The van der Waals surface area contributed by atoms with Crippen LogP contribution >= 0.6 is 11.3 Å². The Hall–Kier alpha value is -2.15. The lowest BCUT2D eigenvalue weighted by Crippen LogP contribution is -2.38. The first-order valence-corrected chi connectivity index (χ1v) is 7.45. The molecule has 0 spiro atoms. The lowest BCUT2D eigenvalue weighted by atomic mass is 10.2. The molecule has 0 unspecified atom stereocenters. The molecule has 1 aromatic heterocycles. The third-order valence-corrected chi connectivity index (χ3v) is 4.07. The molecular formula is C16H13F4NOS. The fraction of sp³-hybridized carbons (Fsp3) is 0.188. The number of carbonyl (C=O) groups is 1. The second kappa shape index (κ2) is 6.95. The van der Waals surface area contributed by atoms with Gasteiger partial charge in [0.2, 0.25) is 0 Å². The van der Waals surface area contributed by atoms with Gasteiger partial charge in [0.05, 0.1) is 4.88 Å². The van der Waals surface area contributed by atoms with Gasteiger partial charge in [-0.1, -0.05) is 24.3 Å². The summed E-state index contributed by atoms with van der Waals surface area (Å²) < 4.78 is 51.4. The predicted octanol–water partition coefficient (Wildman–Crippen LogP) is 4.74. The van der Waals surface area contributed by atoms with E-state index in [2.05, 4.69) is 6.58 Å². The van der Waals surface area contributed by atoms with Crippen molar-refractivity contribution in [1.29, 1.82) is 0 Å². The normalized spacial score (nSPS) is 11.3. The van der Waals surface area contributed by atoms with E-state index in [1.807, 2.05) is 0 Å². The van der Waals surface area contributed by atoms with Crippen molar-refractivity contribution in [3.8, 4) is 10.4 Å². The summed E-state index contributed by atoms with van der Waals surface area (Å²) in [5, 5.41) is 0. The third-order valence-electron chi connectivity index (χ3n) is 2.96. The lowest BCUT2D eigenvalue weighted by Gasteiger charge is -2.21. The van der Waals surface area contributed by atoms with Gasteiger partial charge in [-0.15, -0.1) is 17.9 Å². The van der Waals surface area contributed by atoms with Crippen molar-refractivity contribution >= 4 is 17.2 Å². The molecule has 2 aromatic rings. The molecule has 0 aliphatic carbocycles. The number of carbonyl (C=O) groups excluding carboxylic acids is 1. The SMILES string of the molecule is C=CCN(CC(F)(F)F)C(=O)c1ccc(-c2ccccc2F)s1. The Balaban J connectivity index is 2.26. The molecule has 1 amide bonds. The largest absolute Gasteiger partial charge is 0.406 e. The Labute approximate surface area is 134 Å². The molecule has 7 heteroatoms. The first-order valence-electron chi connectivity index (χ1n) is 6.63. The topological polar surface area (TPSA) is 20.3 Å². The number of halogens is 4. The van der Waals surface area contributed by atoms with Crippen LogP contribution in [0, 0.1) is 5.82 Å². The zero-order valence-electron chi connectivity index (χ0n) is 11.9. The first kappa shape index (κ1) is 17.2. The van der Waals surface area contributed by atoms with Gasteiger partial charge >= 0.3 is 6.18 Å². The summed E-state index contributed by atoms with van der Waals surface area (Å²) >= 11 is 0.956. The summed E-state index contributed by atoms with van der Waals surface area (Å²) in [6.07, 6.45) is -3.26. The van der Waals surface area contributed by atoms with Crippen LogP contribution < -0.4 is 0 Å². The Kier molecular flexibility index (Phi) is 5.20. The lowest BCUT2D eigenvalue weighted by molar-refractivity contribution is -0.139. The molecule has 1 aromatic carbocycles. The van der Waals surface area contributed by atoms with E-state index in [0.717, 1.165) is 11.3 Å². The maximum atomic E-state index is 13.7. The highest BCUT2D eigenvalue weighted by Gasteiger charge is 2.33. The summed E-state index contributed by atoms with van der Waals surface area (Å²) in [5.41, 5.74) is 0.308. The van der Waals surface area contributed by atoms with E-state index in [-0.39, 0.29) is 11.4 Å². The van der Waals surface area contributed by atoms with Crippen molar-refractivity contribution < 1.29 is 22.4 Å². The molecule has 0 aliphatic heterocycles. The van der Waals surface area contributed by atoms with Gasteiger partial charge in [-0.25, -0.2) is 4.39 Å². The molecular weight excluding hydrogens is 330 g/mol. The Morgan fingerprint density at radius 2 is 1.91 bits per heavy atom. The van der Waals surface area contributed by atoms with Crippen molar-refractivity contribution in [3.63, 3.8) is 0 Å². The molecule has 2 nitrogen and oxygen atoms in total. The van der Waals surface area contributed by atoms with Gasteiger partial charge in [-0.05, 0) is 18.2 Å². The third kappa shape index (κ3) is 4.41. The average Bonchev–Trinajstić information content (AvgIpc) is 2.95. The average molecular weight is 343 g/mol. The number of alkyl halides is 3. The smallest absolute Gasteiger partial charge is 0.325 e. The molecule has 0 saturated carbocycles. The molecule has 0 atom stereocenters. The van der Waals surface area contributed by atoms with E-state index in [1.165, 1.54) is 30.3 Å². The second-order valence-electron chi connectivity index (χ2n) is 4.73. The van der Waals surface area contributed by atoms with Crippen molar-refractivity contribution in [2.24, 2.45) is 0 Å². The maximum absolute atomic E-state index is 13.7. The molecule has 0 N–H and O–H groups in total. The van der Waals surface area contributed by atoms with Gasteiger partial charge in [-0.2, -0.15) is 13.2 Å². The molecule has 0 saturated heterocycles. The molecule has 0 fully saturated rings. The predicted molar refractivity (Wildman–Crippen MR) is 81.9 cm³/mol. The van der Waals surface area contributed by atoms with Crippen LogP contribution in [-0.4, -0.2) is 30.1 Å². The minimum absolute atomic E-state index is 0.120. The number of amides is 1. The zero-order chi connectivity index (χ0) is 17.0. The quantitative estimate of drug-likeness (QED) is 0.567. The van der Waals surface area contributed by atoms with Crippen molar-refractivity contribution in [1.82, 2.24) is 4.90 Å². The highest BCUT2D eigenvalue weighted by Crippen LogP contribution is 2.31. The molecule has 0 radical (unpaired) electrons. The van der Waals surface area contributed by atoms with Gasteiger partial charge in [0.25, 0.3) is 5.91 Å². The van der Waals surface area contributed by atoms with E-state index in [0.29, 0.717) is 15.3 Å². The maximum Gasteiger partial charge on any atom is 0.406 e. The molecule has 0 bridgehead atoms. The highest BCUT2D eigenvalue weighted by molar-refractivity contribution is 7.17. The number of nitrogens with zero attached hydrogens (tertiary/aromatic N) is 1. The summed E-state index contributed by atoms with van der Waals surface area (Å²) in [6.45, 7) is 1.79. The Morgan fingerprint density at radius 1 is 1.22 bits per heavy atom. The van der Waals surface area contributed by atoms with Crippen LogP contribution in [0.3, 0.4) is 0 Å². The van der Waals surface area contributed by atoms with Gasteiger partial charge in [0.1, 0.15) is 12.4 Å². The molecule has 0 aliphatic rings. The summed E-state index contributed by atoms with van der Waals surface area (Å²) in [6, 6.07) is 8.94. The summed E-state index contributed by atoms with van der Waals surface area (Å²) in [7, 11) is 0. The van der Waals surface area contributed by atoms with E-state index >= 15 is 0 Å². The van der Waals surface area contributed by atoms with Crippen molar-refractivity contribution in [2.45, 2.75) is 6.18 Å². The first-order chi connectivity index (χ1) is 10.8. The minimum atomic E-state index is -4.50. The van der Waals surface area contributed by atoms with Crippen LogP contribution in [0.15, 0.2) is 49.1 Å². The Bertz CT molecular complexity index is 708. The monoisotopic (exact) mass is 343 g/mol. The van der Waals surface area contributed by atoms with Crippen LogP contribution in [0.5, 0.6) is 0 Å². The summed E-state index contributed by atoms with van der Waals surface area (Å²) in [4.78, 5) is 13.5. The fourth-order valence-corrected chi connectivity index (χ4v) is 3.01. The molecule has 23 heavy (non-hydrogen) atoms. The minimum Gasteiger partial charge on any atom is -0.325 e. The molecule has 2 rings (SSSR count). The van der Waals surface area contributed by atoms with E-state index in [4.69, 9.17) is 0 Å². The standard InChI is InChI=1S/C16H13F4NOS/c1-2-9-21(10-16(18,19)20)15(22)14-8-7-13(23-14)11-5-3-4-6-12(11)17/h2-8H,1,9-10H2. The van der Waals surface area contributed by atoms with Gasteiger partial charge in [0.15, 0.2) is 0 Å². The Morgan fingerprint density at radius 3 is 2.52 bits per heavy atom. The zero-order valence-corrected chi connectivity index (χ0v) is 12.8. The van der Waals surface area contributed by atoms with Crippen LogP contribution in [0.2, 0.25) is 0 Å². The number of hydrogen-bond acceptors (Lipinski definition) is 2. The van der Waals surface area contributed by atoms with Gasteiger partial charge in [-0.3, -0.25) is 4.79 Å². The fourth-order valence-electron chi connectivity index (χ4n) is 2.01. The van der Waals surface area contributed by atoms with E-state index in [9.17, 15) is 22.4 Å². The number of hydrogen-bond donors (Lipinski definition) is 0. The van der Waals surface area contributed by atoms with Crippen LogP contribution in [0.1, 0.15) is 9.67 Å². The van der Waals surface area contributed by atoms with Crippen molar-refractivity contribution in [2.75, 3.05) is 13.1 Å². The van der Waals surface area contributed by atoms with Gasteiger partial charge < -0.3 is 4.90 Å². The molecule has 1 heterocycles. The highest BCUT2D eigenvalue weighted by atomic mass is 32.1. The second-order valence-corrected chi connectivity index (χ2v) is 5.82. The van der Waals surface area contributed by atoms with Gasteiger partial charge in [0, 0.05) is 17.0 Å². The number of thiophene rings is 1. The van der Waals surface area contributed by atoms with E-state index < -0.39 is 24.4 Å². The number of benzene rings is 1. The van der Waals surface area contributed by atoms with Crippen LogP contribution in [-0.2, 0) is 0 Å². The van der Waals surface area contributed by atoms with Crippen molar-refractivity contribution in [3.05, 3.63) is 59.7 Å².